The van der Waals surface area contributed by atoms with Crippen molar-refractivity contribution in [2.75, 3.05) is 26.2 Å². The molecule has 8 heteroatoms. The summed E-state index contributed by atoms with van der Waals surface area (Å²) in [6.07, 6.45) is 5.04. The van der Waals surface area contributed by atoms with Gasteiger partial charge in [-0.3, -0.25) is 4.79 Å². The van der Waals surface area contributed by atoms with E-state index in [0.717, 1.165) is 54.6 Å². The first-order chi connectivity index (χ1) is 11.9. The molecule has 1 aromatic carbocycles. The van der Waals surface area contributed by atoms with Crippen LogP contribution < -0.4 is 0 Å². The Morgan fingerprint density at radius 1 is 0.960 bits per heavy atom. The van der Waals surface area contributed by atoms with Crippen LogP contribution in [0.5, 0.6) is 0 Å². The Balaban J connectivity index is 1.68. The fraction of sp³-hybridized carbons (Fsp3) is 0.588. The first-order valence-corrected chi connectivity index (χ1v) is 10.1. The smallest absolute Gasteiger partial charge is 0.249 e. The number of hydrogen-bond donors (Lipinski definition) is 0. The van der Waals surface area contributed by atoms with Gasteiger partial charge in [0.2, 0.25) is 15.9 Å². The largest absolute Gasteiger partial charge is 0.340 e. The summed E-state index contributed by atoms with van der Waals surface area (Å²) in [5.41, 5.74) is 0. The molecule has 1 saturated carbocycles. The zero-order chi connectivity index (χ0) is 18.0. The number of rotatable bonds is 3. The van der Waals surface area contributed by atoms with Crippen molar-refractivity contribution < 1.29 is 22.0 Å². The van der Waals surface area contributed by atoms with Gasteiger partial charge in [0.1, 0.15) is 11.6 Å². The maximum atomic E-state index is 13.8. The molecular formula is C17H22F2N2O3S. The average molecular weight is 372 g/mol. The van der Waals surface area contributed by atoms with Crippen molar-refractivity contribution in [3.8, 4) is 0 Å². The number of amides is 1. The average Bonchev–Trinajstić information content (AvgIpc) is 2.61. The minimum absolute atomic E-state index is 0.0286. The lowest BCUT2D eigenvalue weighted by atomic mass is 9.88. The molecule has 5 nitrogen and oxygen atoms in total. The number of carbonyl (C=O) groups is 1. The molecule has 0 radical (unpaired) electrons. The normalized spacial score (nSPS) is 20.6. The van der Waals surface area contributed by atoms with Crippen molar-refractivity contribution in [3.63, 3.8) is 0 Å². The van der Waals surface area contributed by atoms with E-state index in [1.165, 1.54) is 0 Å². The molecule has 2 aliphatic rings. The molecule has 3 rings (SSSR count). The monoisotopic (exact) mass is 372 g/mol. The fourth-order valence-corrected chi connectivity index (χ4v) is 5.15. The zero-order valence-corrected chi connectivity index (χ0v) is 14.8. The molecule has 25 heavy (non-hydrogen) atoms. The number of sulfonamides is 1. The van der Waals surface area contributed by atoms with Gasteiger partial charge in [0.15, 0.2) is 4.90 Å². The molecule has 1 amide bonds. The second-order valence-electron chi connectivity index (χ2n) is 6.62. The lowest BCUT2D eigenvalue weighted by Gasteiger charge is -2.36. The number of benzene rings is 1. The van der Waals surface area contributed by atoms with Crippen LogP contribution in [0.25, 0.3) is 0 Å². The molecule has 1 aliphatic carbocycles. The highest BCUT2D eigenvalue weighted by molar-refractivity contribution is 7.89. The van der Waals surface area contributed by atoms with Crippen molar-refractivity contribution in [2.45, 2.75) is 37.0 Å². The lowest BCUT2D eigenvalue weighted by molar-refractivity contribution is -0.137. The van der Waals surface area contributed by atoms with Crippen LogP contribution in [0, 0.1) is 17.6 Å². The van der Waals surface area contributed by atoms with Crippen molar-refractivity contribution in [3.05, 3.63) is 29.8 Å². The topological polar surface area (TPSA) is 57.7 Å². The minimum atomic E-state index is -4.25. The van der Waals surface area contributed by atoms with Crippen LogP contribution >= 0.6 is 0 Å². The molecule has 0 N–H and O–H groups in total. The van der Waals surface area contributed by atoms with Gasteiger partial charge in [-0.1, -0.05) is 25.3 Å². The highest BCUT2D eigenvalue weighted by Gasteiger charge is 2.35. The van der Waals surface area contributed by atoms with E-state index in [1.54, 1.807) is 4.90 Å². The third-order valence-electron chi connectivity index (χ3n) is 5.02. The summed E-state index contributed by atoms with van der Waals surface area (Å²) in [5, 5.41) is 0. The number of carbonyl (C=O) groups excluding carboxylic acids is 1. The lowest BCUT2D eigenvalue weighted by Crippen LogP contribution is -2.52. The predicted octanol–water partition coefficient (Wildman–Crippen LogP) is 2.38. The van der Waals surface area contributed by atoms with Crippen LogP contribution in [0.2, 0.25) is 0 Å². The first-order valence-electron chi connectivity index (χ1n) is 8.64. The number of nitrogens with zero attached hydrogens (tertiary/aromatic N) is 2. The minimum Gasteiger partial charge on any atom is -0.340 e. The van der Waals surface area contributed by atoms with E-state index in [1.807, 2.05) is 0 Å². The van der Waals surface area contributed by atoms with Crippen LogP contribution in [0.4, 0.5) is 8.78 Å². The third-order valence-corrected chi connectivity index (χ3v) is 6.97. The summed E-state index contributed by atoms with van der Waals surface area (Å²) < 4.78 is 53.8. The Morgan fingerprint density at radius 2 is 1.52 bits per heavy atom. The van der Waals surface area contributed by atoms with Crippen molar-refractivity contribution >= 4 is 15.9 Å². The molecule has 1 aliphatic heterocycles. The molecule has 2 fully saturated rings. The first kappa shape index (κ1) is 18.3. The summed E-state index contributed by atoms with van der Waals surface area (Å²) in [7, 11) is -4.25. The molecule has 138 valence electrons. The van der Waals surface area contributed by atoms with Crippen LogP contribution in [-0.4, -0.2) is 49.7 Å². The van der Waals surface area contributed by atoms with Gasteiger partial charge in [-0.2, -0.15) is 4.31 Å². The summed E-state index contributed by atoms with van der Waals surface area (Å²) in [4.78, 5) is 13.3. The molecule has 1 saturated heterocycles. The van der Waals surface area contributed by atoms with E-state index in [9.17, 15) is 22.0 Å². The maximum Gasteiger partial charge on any atom is 0.249 e. The predicted molar refractivity (Wildman–Crippen MR) is 88.3 cm³/mol. The highest BCUT2D eigenvalue weighted by Crippen LogP contribution is 2.27. The van der Waals surface area contributed by atoms with Gasteiger partial charge >= 0.3 is 0 Å². The second kappa shape index (κ2) is 7.37. The number of hydrogen-bond acceptors (Lipinski definition) is 3. The molecule has 1 aromatic rings. The van der Waals surface area contributed by atoms with E-state index in [4.69, 9.17) is 0 Å². The molecule has 0 aromatic heterocycles. The summed E-state index contributed by atoms with van der Waals surface area (Å²) in [6, 6.07) is 2.99. The van der Waals surface area contributed by atoms with Crippen LogP contribution in [-0.2, 0) is 14.8 Å². The van der Waals surface area contributed by atoms with Gasteiger partial charge in [-0.15, -0.1) is 0 Å². The van der Waals surface area contributed by atoms with Gasteiger partial charge in [0, 0.05) is 32.1 Å². The fourth-order valence-electron chi connectivity index (χ4n) is 3.61. The van der Waals surface area contributed by atoms with Gasteiger partial charge in [-0.25, -0.2) is 17.2 Å². The van der Waals surface area contributed by atoms with Gasteiger partial charge in [-0.05, 0) is 25.0 Å². The summed E-state index contributed by atoms with van der Waals surface area (Å²) >= 11 is 0. The van der Waals surface area contributed by atoms with E-state index in [2.05, 4.69) is 0 Å². The molecule has 0 unspecified atom stereocenters. The summed E-state index contributed by atoms with van der Waals surface area (Å²) in [5.74, 6) is -2.09. The Kier molecular flexibility index (Phi) is 5.38. The standard InChI is InChI=1S/C17H22F2N2O3S/c18-14-7-4-8-15(19)16(14)25(23,24)21-11-9-20(10-12-21)17(22)13-5-2-1-3-6-13/h4,7-8,13H,1-3,5-6,9-12H2. The Hall–Kier alpha value is -1.54. The van der Waals surface area contributed by atoms with Gasteiger partial charge < -0.3 is 4.90 Å². The van der Waals surface area contributed by atoms with Crippen LogP contribution in [0.1, 0.15) is 32.1 Å². The van der Waals surface area contributed by atoms with Crippen molar-refractivity contribution in [1.29, 1.82) is 0 Å². The Morgan fingerprint density at radius 3 is 2.08 bits per heavy atom. The Labute approximate surface area is 146 Å². The quantitative estimate of drug-likeness (QED) is 0.819. The molecular weight excluding hydrogens is 350 g/mol. The van der Waals surface area contributed by atoms with Crippen LogP contribution in [0.3, 0.4) is 0 Å². The van der Waals surface area contributed by atoms with E-state index < -0.39 is 26.6 Å². The van der Waals surface area contributed by atoms with E-state index >= 15 is 0 Å². The maximum absolute atomic E-state index is 13.8. The highest BCUT2D eigenvalue weighted by atomic mass is 32.2. The van der Waals surface area contributed by atoms with Gasteiger partial charge in [0.25, 0.3) is 0 Å². The number of piperazine rings is 1. The molecule has 0 atom stereocenters. The molecule has 1 heterocycles. The zero-order valence-electron chi connectivity index (χ0n) is 14.0. The number of halogens is 2. The van der Waals surface area contributed by atoms with Crippen molar-refractivity contribution in [1.82, 2.24) is 9.21 Å². The van der Waals surface area contributed by atoms with Crippen LogP contribution in [0.15, 0.2) is 23.1 Å². The summed E-state index contributed by atoms with van der Waals surface area (Å²) in [6.45, 7) is 0.610. The van der Waals surface area contributed by atoms with E-state index in [0.29, 0.717) is 0 Å². The van der Waals surface area contributed by atoms with Gasteiger partial charge in [0.05, 0.1) is 0 Å². The van der Waals surface area contributed by atoms with Crippen molar-refractivity contribution in [2.24, 2.45) is 5.92 Å². The van der Waals surface area contributed by atoms with E-state index in [-0.39, 0.29) is 38.0 Å². The third kappa shape index (κ3) is 3.69. The Bertz CT molecular complexity index is 720. The molecule has 0 spiro atoms. The molecule has 0 bridgehead atoms. The SMILES string of the molecule is O=C(C1CCCCC1)N1CCN(S(=O)(=O)c2c(F)cccc2F)CC1. The second-order valence-corrected chi connectivity index (χ2v) is 8.49.